The Kier molecular flexibility index (Phi) is 13.7. The lowest BCUT2D eigenvalue weighted by Gasteiger charge is -2.29. The number of hydrogen-bond donors (Lipinski definition) is 2. The molecule has 1 fully saturated rings. The normalized spacial score (nSPS) is 18.4. The molecule has 20 heavy (non-hydrogen) atoms. The minimum atomic E-state index is 0. The Hall–Kier alpha value is -0.160. The van der Waals surface area contributed by atoms with Crippen molar-refractivity contribution in [2.75, 3.05) is 45.9 Å². The van der Waals surface area contributed by atoms with Crippen LogP contribution in [0.2, 0.25) is 0 Å². The number of nitrogens with zero attached hydrogens (tertiary/aromatic N) is 1. The minimum Gasteiger partial charge on any atom is -0.379 e. The van der Waals surface area contributed by atoms with Gasteiger partial charge in [0.05, 0.1) is 13.2 Å². The van der Waals surface area contributed by atoms with Crippen LogP contribution >= 0.6 is 0 Å². The third kappa shape index (κ3) is 10.6. The van der Waals surface area contributed by atoms with Crippen LogP contribution in [0.1, 0.15) is 49.8 Å². The summed E-state index contributed by atoms with van der Waals surface area (Å²) in [6, 6.07) is 0.423. The van der Waals surface area contributed by atoms with Gasteiger partial charge in [0, 0.05) is 22.0 Å². The first-order valence-electron chi connectivity index (χ1n) is 8.48. The second-order valence-electron chi connectivity index (χ2n) is 5.51. The van der Waals surface area contributed by atoms with E-state index in [1.807, 2.05) is 13.8 Å². The van der Waals surface area contributed by atoms with E-state index in [4.69, 9.17) is 10.5 Å². The molecule has 1 rings (SSSR count). The van der Waals surface area contributed by atoms with Crippen LogP contribution in [0, 0.1) is 5.92 Å². The molecular formula is C16H41N3O. The van der Waals surface area contributed by atoms with E-state index in [0.717, 1.165) is 64.7 Å². The summed E-state index contributed by atoms with van der Waals surface area (Å²) >= 11 is 0. The highest BCUT2D eigenvalue weighted by molar-refractivity contribution is 4.73. The quantitative estimate of drug-likeness (QED) is 0.641. The lowest BCUT2D eigenvalue weighted by Crippen LogP contribution is -2.41. The van der Waals surface area contributed by atoms with E-state index in [1.54, 1.807) is 0 Å². The fourth-order valence-corrected chi connectivity index (χ4v) is 2.11. The van der Waals surface area contributed by atoms with Gasteiger partial charge >= 0.3 is 0 Å². The van der Waals surface area contributed by atoms with Crippen LogP contribution in [-0.2, 0) is 4.74 Å². The number of piperidine rings is 1. The largest absolute Gasteiger partial charge is 0.379 e. The molecule has 126 valence electrons. The van der Waals surface area contributed by atoms with Crippen molar-refractivity contribution in [1.82, 2.24) is 10.2 Å². The maximum atomic E-state index is 5.88. The summed E-state index contributed by atoms with van der Waals surface area (Å²) in [6.07, 6.45) is 3.51. The molecule has 1 heterocycles. The van der Waals surface area contributed by atoms with Gasteiger partial charge in [-0.05, 0) is 38.4 Å². The van der Waals surface area contributed by atoms with Gasteiger partial charge in [0.25, 0.3) is 0 Å². The summed E-state index contributed by atoms with van der Waals surface area (Å²) in [5.41, 5.74) is 5.88. The average Bonchev–Trinajstić information content (AvgIpc) is 2.50. The monoisotopic (exact) mass is 291 g/mol. The van der Waals surface area contributed by atoms with E-state index in [1.165, 1.54) is 6.42 Å². The second kappa shape index (κ2) is 13.8. The summed E-state index contributed by atoms with van der Waals surface area (Å²) in [6.45, 7) is 15.6. The molecular weight excluding hydrogens is 250 g/mol. The van der Waals surface area contributed by atoms with Crippen LogP contribution in [0.3, 0.4) is 0 Å². The molecule has 1 aliphatic heterocycles. The van der Waals surface area contributed by atoms with Gasteiger partial charge in [0.2, 0.25) is 0 Å². The van der Waals surface area contributed by atoms with Crippen molar-refractivity contribution in [1.29, 1.82) is 0 Å². The number of hydrogen-bond acceptors (Lipinski definition) is 4. The number of nitrogens with one attached hydrogen (secondary N) is 1. The zero-order chi connectivity index (χ0) is 15.2. The van der Waals surface area contributed by atoms with Crippen molar-refractivity contribution in [2.24, 2.45) is 11.7 Å². The van der Waals surface area contributed by atoms with Crippen LogP contribution in [0.25, 0.3) is 0 Å². The molecule has 1 unspecified atom stereocenters. The first-order valence-corrected chi connectivity index (χ1v) is 8.48. The van der Waals surface area contributed by atoms with Crippen molar-refractivity contribution < 1.29 is 7.59 Å². The van der Waals surface area contributed by atoms with Gasteiger partial charge in [-0.15, -0.1) is 0 Å². The van der Waals surface area contributed by atoms with Crippen LogP contribution in [-0.4, -0.2) is 56.9 Å². The molecule has 0 radical (unpaired) electrons. The van der Waals surface area contributed by atoms with Crippen LogP contribution in [0.15, 0.2) is 0 Å². The second-order valence-corrected chi connectivity index (χ2v) is 5.51. The van der Waals surface area contributed by atoms with E-state index < -0.39 is 0 Å². The molecule has 4 heteroatoms. The van der Waals surface area contributed by atoms with Crippen LogP contribution < -0.4 is 11.1 Å². The lowest BCUT2D eigenvalue weighted by molar-refractivity contribution is 0.0951. The Balaban J connectivity index is -0.000000864. The highest BCUT2D eigenvalue weighted by atomic mass is 16.5. The number of ether oxygens (including phenoxy) is 1. The van der Waals surface area contributed by atoms with E-state index in [0.29, 0.717) is 6.04 Å². The van der Waals surface area contributed by atoms with Crippen LogP contribution in [0.5, 0.6) is 0 Å². The van der Waals surface area contributed by atoms with Gasteiger partial charge in [-0.3, -0.25) is 0 Å². The minimum absolute atomic E-state index is 0. The molecule has 1 aliphatic rings. The maximum absolute atomic E-state index is 5.88. The predicted molar refractivity (Wildman–Crippen MR) is 92.4 cm³/mol. The zero-order valence-electron chi connectivity index (χ0n) is 14.2. The molecule has 0 aromatic heterocycles. The molecule has 0 aliphatic carbocycles. The van der Waals surface area contributed by atoms with E-state index in [2.05, 4.69) is 24.1 Å². The average molecular weight is 292 g/mol. The molecule has 0 aromatic rings. The predicted octanol–water partition coefficient (Wildman–Crippen LogP) is 2.58. The fourth-order valence-electron chi connectivity index (χ4n) is 2.11. The van der Waals surface area contributed by atoms with Crippen molar-refractivity contribution in [3.05, 3.63) is 0 Å². The zero-order valence-corrected chi connectivity index (χ0v) is 14.2. The number of nitrogens with two attached hydrogens (primary N) is 1. The third-order valence-electron chi connectivity index (χ3n) is 3.80. The highest BCUT2D eigenvalue weighted by Crippen LogP contribution is 2.07. The van der Waals surface area contributed by atoms with E-state index >= 15 is 0 Å². The Bertz CT molecular complexity index is 204. The molecule has 3 N–H and O–H groups in total. The van der Waals surface area contributed by atoms with Gasteiger partial charge in [-0.2, -0.15) is 0 Å². The van der Waals surface area contributed by atoms with Gasteiger partial charge in [0.15, 0.2) is 0 Å². The highest BCUT2D eigenvalue weighted by Gasteiger charge is 2.14. The molecule has 0 bridgehead atoms. The van der Waals surface area contributed by atoms with Crippen molar-refractivity contribution in [3.8, 4) is 0 Å². The Morgan fingerprint density at radius 2 is 1.95 bits per heavy atom. The molecule has 0 spiro atoms. The molecule has 1 atom stereocenters. The molecule has 0 amide bonds. The first-order chi connectivity index (χ1) is 9.72. The molecule has 4 nitrogen and oxygen atoms in total. The van der Waals surface area contributed by atoms with Crippen molar-refractivity contribution >= 4 is 0 Å². The van der Waals surface area contributed by atoms with E-state index in [9.17, 15) is 0 Å². The Morgan fingerprint density at radius 1 is 1.30 bits per heavy atom. The van der Waals surface area contributed by atoms with E-state index in [-0.39, 0.29) is 2.85 Å². The fraction of sp³-hybridized carbons (Fsp3) is 1.00. The number of rotatable bonds is 9. The summed E-state index contributed by atoms with van der Waals surface area (Å²) < 4.78 is 5.64. The molecule has 1 saturated heterocycles. The molecule has 0 saturated carbocycles. The number of likely N-dealkylation sites (tertiary alicyclic amines) is 1. The van der Waals surface area contributed by atoms with Crippen LogP contribution in [0.4, 0.5) is 0 Å². The maximum Gasteiger partial charge on any atom is 0.0594 e. The molecule has 0 aromatic carbocycles. The standard InChI is InChI=1S/C14H31N3O.C2H6.2H2/c1-3-13(2)12-16-6-10-18-11-9-17-7-4-14(15)5-8-17;1-2;;/h13-14,16H,3-12,15H2,1-2H3;1-2H3;2*1H. The van der Waals surface area contributed by atoms with Gasteiger partial charge < -0.3 is 20.7 Å². The van der Waals surface area contributed by atoms with Gasteiger partial charge in [-0.1, -0.05) is 34.1 Å². The summed E-state index contributed by atoms with van der Waals surface area (Å²) in [5.74, 6) is 0.766. The van der Waals surface area contributed by atoms with Gasteiger partial charge in [0.1, 0.15) is 0 Å². The summed E-state index contributed by atoms with van der Waals surface area (Å²) in [5, 5.41) is 3.43. The summed E-state index contributed by atoms with van der Waals surface area (Å²) in [7, 11) is 0. The topological polar surface area (TPSA) is 50.5 Å². The summed E-state index contributed by atoms with van der Waals surface area (Å²) in [4.78, 5) is 2.45. The van der Waals surface area contributed by atoms with Gasteiger partial charge in [-0.25, -0.2) is 0 Å². The van der Waals surface area contributed by atoms with Crippen molar-refractivity contribution in [2.45, 2.75) is 53.0 Å². The Morgan fingerprint density at radius 3 is 2.55 bits per heavy atom. The SMILES string of the molecule is CC.CCC(C)CNCCOCCN1CCC(N)CC1.[HH].[HH]. The smallest absolute Gasteiger partial charge is 0.0594 e. The van der Waals surface area contributed by atoms with Crippen molar-refractivity contribution in [3.63, 3.8) is 0 Å². The first kappa shape index (κ1) is 19.8. The lowest BCUT2D eigenvalue weighted by atomic mass is 10.1. The third-order valence-corrected chi connectivity index (χ3v) is 3.80. The Labute approximate surface area is 129 Å².